The van der Waals surface area contributed by atoms with Crippen molar-refractivity contribution in [2.45, 2.75) is 25.4 Å². The Morgan fingerprint density at radius 3 is 2.81 bits per heavy atom. The molecule has 1 saturated carbocycles. The molecule has 0 atom stereocenters. The molecule has 110 valence electrons. The van der Waals surface area contributed by atoms with Crippen LogP contribution in [-0.4, -0.2) is 11.0 Å². The monoisotopic (exact) mass is 354 g/mol. The number of benzene rings is 1. The van der Waals surface area contributed by atoms with Crippen molar-refractivity contribution in [2.24, 2.45) is 0 Å². The number of nitrogens with one attached hydrogen (secondary N) is 1. The van der Waals surface area contributed by atoms with E-state index in [1.165, 1.54) is 18.2 Å². The molecule has 0 saturated heterocycles. The molecule has 0 spiro atoms. The van der Waals surface area contributed by atoms with Crippen LogP contribution in [0.3, 0.4) is 0 Å². The van der Waals surface area contributed by atoms with Gasteiger partial charge in [-0.2, -0.15) is 0 Å². The lowest BCUT2D eigenvalue weighted by molar-refractivity contribution is 0.441. The average molecular weight is 355 g/mol. The van der Waals surface area contributed by atoms with Crippen molar-refractivity contribution in [3.05, 3.63) is 52.1 Å². The molecule has 3 rings (SSSR count). The summed E-state index contributed by atoms with van der Waals surface area (Å²) in [5.41, 5.74) is 0.609. The summed E-state index contributed by atoms with van der Waals surface area (Å²) in [5.74, 6) is -0.251. The van der Waals surface area contributed by atoms with Crippen molar-refractivity contribution in [1.29, 1.82) is 0 Å². The SMILES string of the molecule is Fc1cnc(Oc2cc(F)ccc2Br)c(CNC2CC2)c1. The lowest BCUT2D eigenvalue weighted by Gasteiger charge is -2.12. The van der Waals surface area contributed by atoms with Crippen LogP contribution in [0.4, 0.5) is 8.78 Å². The van der Waals surface area contributed by atoms with E-state index in [-0.39, 0.29) is 5.88 Å². The highest BCUT2D eigenvalue weighted by Crippen LogP contribution is 2.31. The normalized spacial score (nSPS) is 14.2. The summed E-state index contributed by atoms with van der Waals surface area (Å²) in [4.78, 5) is 3.96. The number of rotatable bonds is 5. The number of pyridine rings is 1. The van der Waals surface area contributed by atoms with Crippen molar-refractivity contribution in [2.75, 3.05) is 0 Å². The fraction of sp³-hybridized carbons (Fsp3) is 0.267. The third-order valence-electron chi connectivity index (χ3n) is 3.15. The van der Waals surface area contributed by atoms with Crippen LogP contribution in [0.25, 0.3) is 0 Å². The van der Waals surface area contributed by atoms with E-state index in [0.29, 0.717) is 28.4 Å². The standard InChI is InChI=1S/C15H13BrF2N2O/c16-13-4-1-10(17)6-14(13)21-15-9(5-11(18)8-20-15)7-19-12-2-3-12/h1,4-6,8,12,19H,2-3,7H2. The molecule has 1 aliphatic carbocycles. The largest absolute Gasteiger partial charge is 0.437 e. The van der Waals surface area contributed by atoms with Crippen LogP contribution in [0.2, 0.25) is 0 Å². The van der Waals surface area contributed by atoms with E-state index < -0.39 is 11.6 Å². The summed E-state index contributed by atoms with van der Waals surface area (Å²) in [7, 11) is 0. The molecule has 0 unspecified atom stereocenters. The maximum atomic E-state index is 13.4. The molecular weight excluding hydrogens is 342 g/mol. The van der Waals surface area contributed by atoms with E-state index in [0.717, 1.165) is 19.0 Å². The van der Waals surface area contributed by atoms with Crippen LogP contribution >= 0.6 is 15.9 Å². The zero-order chi connectivity index (χ0) is 14.8. The number of ether oxygens (including phenoxy) is 1. The van der Waals surface area contributed by atoms with Gasteiger partial charge in [-0.05, 0) is 47.0 Å². The first kappa shape index (κ1) is 14.4. The van der Waals surface area contributed by atoms with Crippen molar-refractivity contribution in [3.63, 3.8) is 0 Å². The van der Waals surface area contributed by atoms with Crippen LogP contribution in [-0.2, 0) is 6.54 Å². The molecule has 6 heteroatoms. The Bertz CT molecular complexity index is 662. The predicted octanol–water partition coefficient (Wildman–Crippen LogP) is 4.17. The van der Waals surface area contributed by atoms with Gasteiger partial charge in [-0.25, -0.2) is 13.8 Å². The maximum absolute atomic E-state index is 13.4. The Balaban J connectivity index is 1.84. The lowest BCUT2D eigenvalue weighted by atomic mass is 10.2. The van der Waals surface area contributed by atoms with E-state index in [4.69, 9.17) is 4.74 Å². The van der Waals surface area contributed by atoms with Crippen molar-refractivity contribution in [1.82, 2.24) is 10.3 Å². The molecule has 1 aromatic carbocycles. The van der Waals surface area contributed by atoms with Gasteiger partial charge in [-0.3, -0.25) is 0 Å². The topological polar surface area (TPSA) is 34.1 Å². The van der Waals surface area contributed by atoms with Gasteiger partial charge in [0.15, 0.2) is 0 Å². The van der Waals surface area contributed by atoms with E-state index in [1.54, 1.807) is 6.07 Å². The summed E-state index contributed by atoms with van der Waals surface area (Å²) >= 11 is 3.29. The zero-order valence-electron chi connectivity index (χ0n) is 11.1. The van der Waals surface area contributed by atoms with Crippen LogP contribution < -0.4 is 10.1 Å². The summed E-state index contributed by atoms with van der Waals surface area (Å²) in [6.07, 6.45) is 3.35. The van der Waals surface area contributed by atoms with Crippen LogP contribution in [0.5, 0.6) is 11.6 Å². The highest BCUT2D eigenvalue weighted by molar-refractivity contribution is 9.10. The molecule has 0 radical (unpaired) electrons. The minimum atomic E-state index is -0.423. The second kappa shape index (κ2) is 6.07. The van der Waals surface area contributed by atoms with E-state index in [9.17, 15) is 8.78 Å². The Morgan fingerprint density at radius 1 is 1.24 bits per heavy atom. The molecule has 1 aliphatic rings. The zero-order valence-corrected chi connectivity index (χ0v) is 12.7. The van der Waals surface area contributed by atoms with Gasteiger partial charge in [-0.1, -0.05) is 0 Å². The Hall–Kier alpha value is -1.53. The van der Waals surface area contributed by atoms with E-state index in [2.05, 4.69) is 26.2 Å². The molecule has 3 nitrogen and oxygen atoms in total. The number of hydrogen-bond acceptors (Lipinski definition) is 3. The molecule has 0 amide bonds. The molecule has 0 bridgehead atoms. The average Bonchev–Trinajstić information content (AvgIpc) is 3.27. The maximum Gasteiger partial charge on any atom is 0.223 e. The third-order valence-corrected chi connectivity index (χ3v) is 3.81. The third kappa shape index (κ3) is 3.77. The molecule has 2 aromatic rings. The van der Waals surface area contributed by atoms with Gasteiger partial charge >= 0.3 is 0 Å². The fourth-order valence-corrected chi connectivity index (χ4v) is 2.22. The second-order valence-electron chi connectivity index (χ2n) is 4.95. The Kier molecular flexibility index (Phi) is 4.17. The lowest BCUT2D eigenvalue weighted by Crippen LogP contribution is -2.16. The van der Waals surface area contributed by atoms with Gasteiger partial charge < -0.3 is 10.1 Å². The van der Waals surface area contributed by atoms with Crippen LogP contribution in [0.15, 0.2) is 34.9 Å². The number of nitrogens with zero attached hydrogens (tertiary/aromatic N) is 1. The summed E-state index contributed by atoms with van der Waals surface area (Å²) in [5, 5.41) is 3.28. The quantitative estimate of drug-likeness (QED) is 0.874. The number of hydrogen-bond donors (Lipinski definition) is 1. The van der Waals surface area contributed by atoms with Crippen LogP contribution in [0.1, 0.15) is 18.4 Å². The van der Waals surface area contributed by atoms with E-state index in [1.807, 2.05) is 0 Å². The van der Waals surface area contributed by atoms with Crippen molar-refractivity contribution < 1.29 is 13.5 Å². The highest BCUT2D eigenvalue weighted by atomic mass is 79.9. The molecule has 1 N–H and O–H groups in total. The second-order valence-corrected chi connectivity index (χ2v) is 5.80. The van der Waals surface area contributed by atoms with Gasteiger partial charge in [-0.15, -0.1) is 0 Å². The minimum Gasteiger partial charge on any atom is -0.437 e. The predicted molar refractivity (Wildman–Crippen MR) is 78.2 cm³/mol. The fourth-order valence-electron chi connectivity index (χ4n) is 1.89. The Labute approximate surface area is 129 Å². The van der Waals surface area contributed by atoms with Crippen molar-refractivity contribution >= 4 is 15.9 Å². The van der Waals surface area contributed by atoms with Crippen molar-refractivity contribution in [3.8, 4) is 11.6 Å². The molecule has 0 aliphatic heterocycles. The summed E-state index contributed by atoms with van der Waals surface area (Å²) < 4.78 is 32.9. The summed E-state index contributed by atoms with van der Waals surface area (Å²) in [6, 6.07) is 6.00. The first-order chi connectivity index (χ1) is 10.1. The number of aromatic nitrogens is 1. The first-order valence-electron chi connectivity index (χ1n) is 6.62. The highest BCUT2D eigenvalue weighted by Gasteiger charge is 2.21. The molecular formula is C15H13BrF2N2O. The first-order valence-corrected chi connectivity index (χ1v) is 7.42. The van der Waals surface area contributed by atoms with Gasteiger partial charge in [0.1, 0.15) is 17.4 Å². The minimum absolute atomic E-state index is 0.274. The summed E-state index contributed by atoms with van der Waals surface area (Å²) in [6.45, 7) is 0.470. The number of halogens is 3. The van der Waals surface area contributed by atoms with Crippen LogP contribution in [0, 0.1) is 11.6 Å². The molecule has 21 heavy (non-hydrogen) atoms. The molecule has 1 aromatic heterocycles. The van der Waals surface area contributed by atoms with Gasteiger partial charge in [0.2, 0.25) is 5.88 Å². The van der Waals surface area contributed by atoms with E-state index >= 15 is 0 Å². The van der Waals surface area contributed by atoms with Gasteiger partial charge in [0.25, 0.3) is 0 Å². The molecule has 1 heterocycles. The molecule has 1 fully saturated rings. The van der Waals surface area contributed by atoms with Gasteiger partial charge in [0.05, 0.1) is 10.7 Å². The Morgan fingerprint density at radius 2 is 2.05 bits per heavy atom. The van der Waals surface area contributed by atoms with Gasteiger partial charge in [0, 0.05) is 24.2 Å². The smallest absolute Gasteiger partial charge is 0.223 e.